The number of hydrogen-bond acceptors (Lipinski definition) is 5. The highest BCUT2D eigenvalue weighted by atomic mass is 19.1. The molecule has 5 rings (SSSR count). The number of ether oxygens (including phenoxy) is 2. The highest BCUT2D eigenvalue weighted by Gasteiger charge is 2.41. The van der Waals surface area contributed by atoms with Crippen molar-refractivity contribution in [3.63, 3.8) is 0 Å². The number of alkyl halides is 1. The zero-order chi connectivity index (χ0) is 24.4. The molecule has 2 amide bonds. The van der Waals surface area contributed by atoms with Gasteiger partial charge < -0.3 is 20.1 Å². The van der Waals surface area contributed by atoms with E-state index in [4.69, 9.17) is 9.47 Å². The van der Waals surface area contributed by atoms with Gasteiger partial charge in [0.15, 0.2) is 0 Å². The van der Waals surface area contributed by atoms with Crippen molar-refractivity contribution < 1.29 is 23.5 Å². The third kappa shape index (κ3) is 5.04. The average Bonchev–Trinajstić information content (AvgIpc) is 3.53. The quantitative estimate of drug-likeness (QED) is 0.606. The number of nitrogens with zero attached hydrogens (tertiary/aromatic N) is 1. The second kappa shape index (κ2) is 10.3. The number of halogens is 1. The van der Waals surface area contributed by atoms with Gasteiger partial charge in [0.25, 0.3) is 11.8 Å². The zero-order valence-electron chi connectivity index (χ0n) is 20.0. The summed E-state index contributed by atoms with van der Waals surface area (Å²) in [6.45, 7) is 3.82. The Morgan fingerprint density at radius 2 is 1.89 bits per heavy atom. The molecule has 0 spiro atoms. The first-order valence-electron chi connectivity index (χ1n) is 12.4. The molecular formula is C27H32FN3O4. The molecule has 2 N–H and O–H groups in total. The highest BCUT2D eigenvalue weighted by molar-refractivity contribution is 6.02. The summed E-state index contributed by atoms with van der Waals surface area (Å²) < 4.78 is 25.3. The minimum atomic E-state index is -0.748. The molecule has 1 saturated carbocycles. The Morgan fingerprint density at radius 3 is 2.60 bits per heavy atom. The number of nitrogens with one attached hydrogen (secondary N) is 2. The van der Waals surface area contributed by atoms with Gasteiger partial charge in [0.05, 0.1) is 24.7 Å². The monoisotopic (exact) mass is 481 g/mol. The first-order valence-corrected chi connectivity index (χ1v) is 12.4. The van der Waals surface area contributed by atoms with E-state index in [9.17, 15) is 14.0 Å². The van der Waals surface area contributed by atoms with Gasteiger partial charge in [0.2, 0.25) is 0 Å². The van der Waals surface area contributed by atoms with Crippen molar-refractivity contribution in [3.8, 4) is 5.75 Å². The van der Waals surface area contributed by atoms with E-state index >= 15 is 0 Å². The lowest BCUT2D eigenvalue weighted by molar-refractivity contribution is 0.0367. The van der Waals surface area contributed by atoms with Crippen molar-refractivity contribution in [2.45, 2.75) is 30.9 Å². The fourth-order valence-electron chi connectivity index (χ4n) is 5.21. The fourth-order valence-corrected chi connectivity index (χ4v) is 5.21. The minimum Gasteiger partial charge on any atom is -0.486 e. The number of fused-ring (bicyclic) bond motifs is 1. The van der Waals surface area contributed by atoms with Gasteiger partial charge in [-0.2, -0.15) is 0 Å². The smallest absolute Gasteiger partial charge is 0.254 e. The molecule has 35 heavy (non-hydrogen) atoms. The Balaban J connectivity index is 1.34. The van der Waals surface area contributed by atoms with Crippen molar-refractivity contribution in [3.05, 3.63) is 64.7 Å². The Morgan fingerprint density at radius 1 is 1.11 bits per heavy atom. The van der Waals surface area contributed by atoms with E-state index in [0.29, 0.717) is 22.8 Å². The molecule has 3 aliphatic rings. The van der Waals surface area contributed by atoms with Crippen molar-refractivity contribution >= 4 is 11.8 Å². The van der Waals surface area contributed by atoms with Gasteiger partial charge in [0, 0.05) is 37.3 Å². The van der Waals surface area contributed by atoms with Gasteiger partial charge in [-0.1, -0.05) is 30.3 Å². The maximum Gasteiger partial charge on any atom is 0.254 e. The van der Waals surface area contributed by atoms with Crippen molar-refractivity contribution in [2.75, 3.05) is 46.6 Å². The summed E-state index contributed by atoms with van der Waals surface area (Å²) in [7, 11) is 1.53. The summed E-state index contributed by atoms with van der Waals surface area (Å²) in [6, 6.07) is 13.0. The van der Waals surface area contributed by atoms with E-state index in [1.54, 1.807) is 12.1 Å². The summed E-state index contributed by atoms with van der Waals surface area (Å²) >= 11 is 0. The fraction of sp³-hybridized carbons (Fsp3) is 0.481. The number of morpholine rings is 1. The SMILES string of the molecule is CNC(=O)c1cc(C(=O)N[C@@H]2C[C@H]2CCN2CCOCC2)cc2c1O[C@@H](CF)[C@@H]2c1ccccc1. The molecule has 7 nitrogen and oxygen atoms in total. The second-order valence-electron chi connectivity index (χ2n) is 9.54. The van der Waals surface area contributed by atoms with Gasteiger partial charge in [0.1, 0.15) is 18.5 Å². The Bertz CT molecular complexity index is 1070. The molecule has 186 valence electrons. The van der Waals surface area contributed by atoms with Crippen LogP contribution in [-0.4, -0.2) is 75.4 Å². The van der Waals surface area contributed by atoms with Crippen LogP contribution in [-0.2, 0) is 4.74 Å². The van der Waals surface area contributed by atoms with Crippen LogP contribution in [0.1, 0.15) is 50.6 Å². The lowest BCUT2D eigenvalue weighted by atomic mass is 9.86. The Kier molecular flexibility index (Phi) is 7.02. The number of rotatable bonds is 8. The summed E-state index contributed by atoms with van der Waals surface area (Å²) in [4.78, 5) is 28.3. The lowest BCUT2D eigenvalue weighted by Crippen LogP contribution is -2.37. The molecule has 2 aromatic carbocycles. The van der Waals surface area contributed by atoms with Gasteiger partial charge in [-0.15, -0.1) is 0 Å². The van der Waals surface area contributed by atoms with Gasteiger partial charge >= 0.3 is 0 Å². The number of benzene rings is 2. The third-order valence-corrected chi connectivity index (χ3v) is 7.30. The molecule has 0 unspecified atom stereocenters. The molecule has 1 aliphatic carbocycles. The van der Waals surface area contributed by atoms with Gasteiger partial charge in [-0.3, -0.25) is 14.5 Å². The molecule has 0 aromatic heterocycles. The van der Waals surface area contributed by atoms with Crippen molar-refractivity contribution in [2.24, 2.45) is 5.92 Å². The van der Waals surface area contributed by atoms with E-state index in [1.807, 2.05) is 30.3 Å². The predicted molar refractivity (Wildman–Crippen MR) is 130 cm³/mol. The Hall–Kier alpha value is -2.97. The molecule has 0 bridgehead atoms. The van der Waals surface area contributed by atoms with Crippen LogP contribution < -0.4 is 15.4 Å². The van der Waals surface area contributed by atoms with Crippen LogP contribution in [0.5, 0.6) is 5.75 Å². The second-order valence-corrected chi connectivity index (χ2v) is 9.54. The molecule has 2 heterocycles. The summed E-state index contributed by atoms with van der Waals surface area (Å²) in [5.74, 6) is -0.155. The van der Waals surface area contributed by atoms with Crippen LogP contribution in [0.15, 0.2) is 42.5 Å². The number of carbonyl (C=O) groups excluding carboxylic acids is 2. The summed E-state index contributed by atoms with van der Waals surface area (Å²) in [5.41, 5.74) is 2.21. The number of hydrogen-bond donors (Lipinski definition) is 2. The van der Waals surface area contributed by atoms with Crippen LogP contribution in [0.3, 0.4) is 0 Å². The van der Waals surface area contributed by atoms with Gasteiger partial charge in [-0.05, 0) is 43.0 Å². The summed E-state index contributed by atoms with van der Waals surface area (Å²) in [5, 5.41) is 5.75. The molecule has 1 saturated heterocycles. The number of amides is 2. The lowest BCUT2D eigenvalue weighted by Gasteiger charge is -2.26. The van der Waals surface area contributed by atoms with Crippen LogP contribution in [0.2, 0.25) is 0 Å². The highest BCUT2D eigenvalue weighted by Crippen LogP contribution is 2.45. The standard InChI is InChI=1S/C27H32FN3O4/c1-29-27(33)21-14-19(26(32)30-22-15-18(22)7-8-31-9-11-34-12-10-31)13-20-24(17-5-3-2-4-6-17)23(16-28)35-25(20)21/h2-6,13-14,18,22-24H,7-12,15-16H2,1H3,(H,29,33)(H,30,32)/t18-,22-,23+,24-/m1/s1. The van der Waals surface area contributed by atoms with Gasteiger partial charge in [-0.25, -0.2) is 4.39 Å². The largest absolute Gasteiger partial charge is 0.486 e. The maximum absolute atomic E-state index is 14.0. The molecule has 4 atom stereocenters. The molecule has 0 radical (unpaired) electrons. The average molecular weight is 482 g/mol. The zero-order valence-corrected chi connectivity index (χ0v) is 20.0. The Labute approximate surface area is 205 Å². The van der Waals surface area contributed by atoms with E-state index in [1.165, 1.54) is 7.05 Å². The van der Waals surface area contributed by atoms with Crippen LogP contribution in [0, 0.1) is 5.92 Å². The van der Waals surface area contributed by atoms with Crippen LogP contribution in [0.25, 0.3) is 0 Å². The van der Waals surface area contributed by atoms with E-state index < -0.39 is 18.7 Å². The molecular weight excluding hydrogens is 449 g/mol. The summed E-state index contributed by atoms with van der Waals surface area (Å²) in [6.07, 6.45) is 1.26. The molecule has 2 aromatic rings. The van der Waals surface area contributed by atoms with E-state index in [0.717, 1.165) is 51.3 Å². The first kappa shape index (κ1) is 23.8. The van der Waals surface area contributed by atoms with Crippen LogP contribution >= 0.6 is 0 Å². The maximum atomic E-state index is 14.0. The van der Waals surface area contributed by atoms with Crippen LogP contribution in [0.4, 0.5) is 4.39 Å². The van der Waals surface area contributed by atoms with E-state index in [2.05, 4.69) is 15.5 Å². The third-order valence-electron chi connectivity index (χ3n) is 7.30. The predicted octanol–water partition coefficient (Wildman–Crippen LogP) is 2.75. The van der Waals surface area contributed by atoms with Crippen molar-refractivity contribution in [1.82, 2.24) is 15.5 Å². The van der Waals surface area contributed by atoms with Crippen molar-refractivity contribution in [1.29, 1.82) is 0 Å². The molecule has 2 fully saturated rings. The minimum absolute atomic E-state index is 0.139. The topological polar surface area (TPSA) is 79.9 Å². The molecule has 8 heteroatoms. The molecule has 2 aliphatic heterocycles. The van der Waals surface area contributed by atoms with E-state index in [-0.39, 0.29) is 23.4 Å². The normalized spacial score (nSPS) is 25.4. The number of carbonyl (C=O) groups is 2. The first-order chi connectivity index (χ1) is 17.1.